The summed E-state index contributed by atoms with van der Waals surface area (Å²) in [4.78, 5) is 0. The third-order valence-electron chi connectivity index (χ3n) is 2.77. The fourth-order valence-corrected chi connectivity index (χ4v) is 1.75. The summed E-state index contributed by atoms with van der Waals surface area (Å²) in [5.41, 5.74) is 0.962. The molecule has 0 bridgehead atoms. The minimum atomic E-state index is -1.97. The van der Waals surface area contributed by atoms with Crippen molar-refractivity contribution in [1.29, 1.82) is 0 Å². The largest absolute Gasteiger partial charge is 0.489 e. The molecule has 0 aromatic heterocycles. The van der Waals surface area contributed by atoms with Crippen LogP contribution < -0.4 is 4.74 Å². The lowest BCUT2D eigenvalue weighted by Gasteiger charge is -2.12. The molecule has 0 aliphatic carbocycles. The smallest absolute Gasteiger partial charge is 0.487 e. The standard InChI is InChI=1S/C14H14BFO4/c16-12-6-11(14(17)15(18)19)7-13(8-12)20-9-10-4-2-1-3-5-10/h1-8,14,17-19H,9H2. The minimum Gasteiger partial charge on any atom is -0.489 e. The van der Waals surface area contributed by atoms with Gasteiger partial charge in [0.15, 0.2) is 0 Å². The molecule has 0 saturated carbocycles. The Morgan fingerprint density at radius 1 is 1.10 bits per heavy atom. The van der Waals surface area contributed by atoms with Crippen LogP contribution in [0.4, 0.5) is 4.39 Å². The van der Waals surface area contributed by atoms with Crippen molar-refractivity contribution in [2.45, 2.75) is 12.6 Å². The number of hydrogen-bond donors (Lipinski definition) is 3. The Labute approximate surface area is 116 Å². The molecule has 0 aliphatic heterocycles. The predicted molar refractivity (Wildman–Crippen MR) is 72.3 cm³/mol. The number of benzene rings is 2. The molecule has 0 amide bonds. The Morgan fingerprint density at radius 3 is 2.45 bits per heavy atom. The van der Waals surface area contributed by atoms with Crippen LogP contribution in [0.15, 0.2) is 48.5 Å². The van der Waals surface area contributed by atoms with Gasteiger partial charge in [0.2, 0.25) is 0 Å². The van der Waals surface area contributed by atoms with E-state index in [4.69, 9.17) is 14.8 Å². The first-order valence-electron chi connectivity index (χ1n) is 6.07. The molecule has 3 N–H and O–H groups in total. The maximum atomic E-state index is 13.4. The van der Waals surface area contributed by atoms with Gasteiger partial charge >= 0.3 is 7.12 Å². The molecule has 0 saturated heterocycles. The molecule has 0 spiro atoms. The highest BCUT2D eigenvalue weighted by molar-refractivity contribution is 6.42. The SMILES string of the molecule is OB(O)C(O)c1cc(F)cc(OCc2ccccc2)c1. The van der Waals surface area contributed by atoms with Gasteiger partial charge in [-0.05, 0) is 23.3 Å². The van der Waals surface area contributed by atoms with Gasteiger partial charge in [-0.3, -0.25) is 0 Å². The van der Waals surface area contributed by atoms with Crippen molar-refractivity contribution in [3.05, 3.63) is 65.5 Å². The summed E-state index contributed by atoms with van der Waals surface area (Å²) >= 11 is 0. The number of ether oxygens (including phenoxy) is 1. The molecule has 0 fully saturated rings. The third kappa shape index (κ3) is 3.80. The van der Waals surface area contributed by atoms with Crippen LogP contribution in [0.5, 0.6) is 5.75 Å². The van der Waals surface area contributed by atoms with Crippen molar-refractivity contribution in [2.24, 2.45) is 0 Å². The van der Waals surface area contributed by atoms with E-state index in [0.29, 0.717) is 0 Å². The Bertz CT molecular complexity index is 562. The van der Waals surface area contributed by atoms with Crippen LogP contribution in [0.25, 0.3) is 0 Å². The van der Waals surface area contributed by atoms with Gasteiger partial charge in [-0.25, -0.2) is 4.39 Å². The van der Waals surface area contributed by atoms with Crippen LogP contribution in [-0.4, -0.2) is 22.3 Å². The average molecular weight is 276 g/mol. The molecule has 0 aliphatic rings. The van der Waals surface area contributed by atoms with E-state index in [-0.39, 0.29) is 17.9 Å². The summed E-state index contributed by atoms with van der Waals surface area (Å²) < 4.78 is 18.9. The van der Waals surface area contributed by atoms with Crippen molar-refractivity contribution in [3.63, 3.8) is 0 Å². The molecule has 0 heterocycles. The first-order chi connectivity index (χ1) is 9.56. The molecule has 0 radical (unpaired) electrons. The third-order valence-corrected chi connectivity index (χ3v) is 2.77. The van der Waals surface area contributed by atoms with Crippen molar-refractivity contribution in [3.8, 4) is 5.75 Å². The number of aliphatic hydroxyl groups is 1. The van der Waals surface area contributed by atoms with E-state index in [1.54, 1.807) is 0 Å². The Kier molecular flexibility index (Phi) is 4.73. The molecule has 104 valence electrons. The molecular weight excluding hydrogens is 262 g/mol. The zero-order chi connectivity index (χ0) is 14.5. The van der Waals surface area contributed by atoms with Gasteiger partial charge in [-0.1, -0.05) is 30.3 Å². The van der Waals surface area contributed by atoms with Crippen LogP contribution in [0.3, 0.4) is 0 Å². The lowest BCUT2D eigenvalue weighted by molar-refractivity contribution is 0.199. The minimum absolute atomic E-state index is 0.0445. The van der Waals surface area contributed by atoms with E-state index in [0.717, 1.165) is 11.6 Å². The highest BCUT2D eigenvalue weighted by Gasteiger charge is 2.23. The van der Waals surface area contributed by atoms with Gasteiger partial charge in [0, 0.05) is 6.07 Å². The molecule has 1 unspecified atom stereocenters. The average Bonchev–Trinajstić information content (AvgIpc) is 2.44. The van der Waals surface area contributed by atoms with Gasteiger partial charge in [-0.2, -0.15) is 0 Å². The molecule has 2 aromatic carbocycles. The zero-order valence-corrected chi connectivity index (χ0v) is 10.6. The number of halogens is 1. The molecule has 6 heteroatoms. The summed E-state index contributed by atoms with van der Waals surface area (Å²) in [5.74, 6) is -0.409. The van der Waals surface area contributed by atoms with Crippen LogP contribution in [0, 0.1) is 5.82 Å². The Morgan fingerprint density at radius 2 is 1.80 bits per heavy atom. The van der Waals surface area contributed by atoms with E-state index < -0.39 is 18.9 Å². The number of aliphatic hydroxyl groups excluding tert-OH is 1. The Hall–Kier alpha value is -1.89. The first-order valence-corrected chi connectivity index (χ1v) is 6.07. The molecule has 2 aromatic rings. The van der Waals surface area contributed by atoms with Gasteiger partial charge in [0.1, 0.15) is 24.2 Å². The monoisotopic (exact) mass is 276 g/mol. The molecule has 1 atom stereocenters. The van der Waals surface area contributed by atoms with Crippen molar-refractivity contribution in [1.82, 2.24) is 0 Å². The second-order valence-electron chi connectivity index (χ2n) is 4.35. The van der Waals surface area contributed by atoms with Crippen molar-refractivity contribution >= 4 is 7.12 Å². The second-order valence-corrected chi connectivity index (χ2v) is 4.35. The lowest BCUT2D eigenvalue weighted by atomic mass is 9.78. The summed E-state index contributed by atoms with van der Waals surface area (Å²) in [7, 11) is -1.97. The molecule has 20 heavy (non-hydrogen) atoms. The zero-order valence-electron chi connectivity index (χ0n) is 10.6. The van der Waals surface area contributed by atoms with Crippen molar-refractivity contribution in [2.75, 3.05) is 0 Å². The summed E-state index contributed by atoms with van der Waals surface area (Å²) in [6.07, 6.45) is 0. The lowest BCUT2D eigenvalue weighted by Crippen LogP contribution is -2.23. The van der Waals surface area contributed by atoms with E-state index in [1.165, 1.54) is 12.1 Å². The molecule has 2 rings (SSSR count). The maximum Gasteiger partial charge on any atom is 0.487 e. The molecular formula is C14H14BFO4. The summed E-state index contributed by atoms with van der Waals surface area (Å²) in [6.45, 7) is 0.251. The Balaban J connectivity index is 2.12. The normalized spacial score (nSPS) is 12.0. The number of hydrogen-bond acceptors (Lipinski definition) is 4. The topological polar surface area (TPSA) is 69.9 Å². The summed E-state index contributed by atoms with van der Waals surface area (Å²) in [6, 6.07) is 11.3. The van der Waals surface area contributed by atoms with E-state index in [9.17, 15) is 9.50 Å². The second kappa shape index (κ2) is 6.52. The highest BCUT2D eigenvalue weighted by atomic mass is 19.1. The van der Waals surface area contributed by atoms with E-state index in [1.807, 2.05) is 30.3 Å². The summed E-state index contributed by atoms with van der Waals surface area (Å²) in [5, 5.41) is 27.3. The molecule has 4 nitrogen and oxygen atoms in total. The fourth-order valence-electron chi connectivity index (χ4n) is 1.75. The van der Waals surface area contributed by atoms with Gasteiger partial charge in [-0.15, -0.1) is 0 Å². The fraction of sp³-hybridized carbons (Fsp3) is 0.143. The highest BCUT2D eigenvalue weighted by Crippen LogP contribution is 2.23. The first kappa shape index (κ1) is 14.5. The van der Waals surface area contributed by atoms with Gasteiger partial charge in [0.05, 0.1) is 0 Å². The maximum absolute atomic E-state index is 13.4. The van der Waals surface area contributed by atoms with Gasteiger partial charge in [0.25, 0.3) is 0 Å². The van der Waals surface area contributed by atoms with Crippen molar-refractivity contribution < 1.29 is 24.3 Å². The van der Waals surface area contributed by atoms with Crippen LogP contribution >= 0.6 is 0 Å². The van der Waals surface area contributed by atoms with E-state index >= 15 is 0 Å². The number of rotatable bonds is 5. The van der Waals surface area contributed by atoms with Gasteiger partial charge < -0.3 is 19.9 Å². The quantitative estimate of drug-likeness (QED) is 0.723. The van der Waals surface area contributed by atoms with Crippen LogP contribution in [0.1, 0.15) is 17.1 Å². The van der Waals surface area contributed by atoms with Crippen LogP contribution in [-0.2, 0) is 6.61 Å². The van der Waals surface area contributed by atoms with Crippen LogP contribution in [0.2, 0.25) is 0 Å². The van der Waals surface area contributed by atoms with E-state index in [2.05, 4.69) is 0 Å². The predicted octanol–water partition coefficient (Wildman–Crippen LogP) is 1.45.